The van der Waals surface area contributed by atoms with E-state index >= 15 is 0 Å². The summed E-state index contributed by atoms with van der Waals surface area (Å²) >= 11 is 5.88. The van der Waals surface area contributed by atoms with Gasteiger partial charge in [-0.25, -0.2) is 13.1 Å². The predicted octanol–water partition coefficient (Wildman–Crippen LogP) is 5.16. The first-order valence-corrected chi connectivity index (χ1v) is 12.3. The number of hydrogen-bond donors (Lipinski definition) is 2. The molecule has 0 saturated heterocycles. The molecule has 166 valence electrons. The van der Waals surface area contributed by atoms with Crippen LogP contribution < -0.4 is 14.8 Å². The van der Waals surface area contributed by atoms with E-state index < -0.39 is 10.0 Å². The van der Waals surface area contributed by atoms with Crippen molar-refractivity contribution in [2.24, 2.45) is 0 Å². The van der Waals surface area contributed by atoms with Crippen LogP contribution in [0.3, 0.4) is 0 Å². The van der Waals surface area contributed by atoms with E-state index in [-0.39, 0.29) is 10.8 Å². The monoisotopic (exact) mass is 462 g/mol. The Morgan fingerprint density at radius 3 is 2.58 bits per heavy atom. The van der Waals surface area contributed by atoms with Gasteiger partial charge >= 0.3 is 0 Å². The van der Waals surface area contributed by atoms with Crippen LogP contribution >= 0.6 is 11.6 Å². The molecule has 0 radical (unpaired) electrons. The minimum Gasteiger partial charge on any atom is -0.492 e. The SMILES string of the molecule is CCOc1ccc(S(=O)(=O)NCCC2=CCCCC2)cc1NC(=O)c1ccc(Cl)cc1. The lowest BCUT2D eigenvalue weighted by Gasteiger charge is -2.15. The van der Waals surface area contributed by atoms with E-state index in [0.29, 0.717) is 41.6 Å². The van der Waals surface area contributed by atoms with Crippen molar-refractivity contribution >= 4 is 33.2 Å². The van der Waals surface area contributed by atoms with Crippen LogP contribution in [-0.4, -0.2) is 27.5 Å². The molecular formula is C23H27ClN2O4S. The van der Waals surface area contributed by atoms with Gasteiger partial charge in [0.05, 0.1) is 17.2 Å². The van der Waals surface area contributed by atoms with Gasteiger partial charge in [-0.1, -0.05) is 23.3 Å². The summed E-state index contributed by atoms with van der Waals surface area (Å²) in [4.78, 5) is 12.7. The summed E-state index contributed by atoms with van der Waals surface area (Å²) in [7, 11) is -3.72. The summed E-state index contributed by atoms with van der Waals surface area (Å²) < 4.78 is 33.8. The van der Waals surface area contributed by atoms with Gasteiger partial charge in [0.25, 0.3) is 5.91 Å². The number of hydrogen-bond acceptors (Lipinski definition) is 4. The molecule has 2 aromatic carbocycles. The number of sulfonamides is 1. The third-order valence-corrected chi connectivity index (χ3v) is 6.75. The average Bonchev–Trinajstić information content (AvgIpc) is 2.76. The molecule has 0 aromatic heterocycles. The summed E-state index contributed by atoms with van der Waals surface area (Å²) in [6.45, 7) is 2.54. The molecule has 0 aliphatic heterocycles. The molecule has 2 N–H and O–H groups in total. The third-order valence-electron chi connectivity index (χ3n) is 5.04. The number of benzene rings is 2. The summed E-state index contributed by atoms with van der Waals surface area (Å²) in [6, 6.07) is 10.9. The first kappa shape index (κ1) is 23.3. The maximum absolute atomic E-state index is 12.8. The van der Waals surface area contributed by atoms with Crippen LogP contribution in [0.25, 0.3) is 0 Å². The zero-order chi connectivity index (χ0) is 22.3. The van der Waals surface area contributed by atoms with Gasteiger partial charge in [-0.3, -0.25) is 4.79 Å². The van der Waals surface area contributed by atoms with Crippen molar-refractivity contribution in [1.82, 2.24) is 4.72 Å². The predicted molar refractivity (Wildman–Crippen MR) is 123 cm³/mol. The van der Waals surface area contributed by atoms with Crippen molar-refractivity contribution < 1.29 is 17.9 Å². The van der Waals surface area contributed by atoms with E-state index in [0.717, 1.165) is 19.3 Å². The number of nitrogens with one attached hydrogen (secondary N) is 2. The number of carbonyl (C=O) groups excluding carboxylic acids is 1. The van der Waals surface area contributed by atoms with E-state index in [1.54, 1.807) is 30.3 Å². The Morgan fingerprint density at radius 1 is 1.13 bits per heavy atom. The molecule has 0 unspecified atom stereocenters. The molecule has 1 amide bonds. The number of anilines is 1. The summed E-state index contributed by atoms with van der Waals surface area (Å²) in [5, 5.41) is 3.27. The first-order chi connectivity index (χ1) is 14.9. The van der Waals surface area contributed by atoms with Gasteiger partial charge in [-0.05, 0) is 81.5 Å². The number of rotatable bonds is 9. The normalized spacial score (nSPS) is 14.1. The molecular weight excluding hydrogens is 436 g/mol. The van der Waals surface area contributed by atoms with Gasteiger partial charge in [0.2, 0.25) is 10.0 Å². The van der Waals surface area contributed by atoms with E-state index in [1.165, 1.54) is 24.1 Å². The Labute approximate surface area is 188 Å². The molecule has 31 heavy (non-hydrogen) atoms. The van der Waals surface area contributed by atoms with Crippen LogP contribution in [0.15, 0.2) is 59.0 Å². The summed E-state index contributed by atoms with van der Waals surface area (Å²) in [5.41, 5.74) is 2.00. The Balaban J connectivity index is 1.75. The van der Waals surface area contributed by atoms with E-state index in [2.05, 4.69) is 16.1 Å². The zero-order valence-electron chi connectivity index (χ0n) is 17.5. The van der Waals surface area contributed by atoms with Crippen molar-refractivity contribution in [3.63, 3.8) is 0 Å². The fraction of sp³-hybridized carbons (Fsp3) is 0.348. The van der Waals surface area contributed by atoms with Gasteiger partial charge in [-0.2, -0.15) is 0 Å². The highest BCUT2D eigenvalue weighted by molar-refractivity contribution is 7.89. The number of amides is 1. The van der Waals surface area contributed by atoms with Crippen LogP contribution in [0.4, 0.5) is 5.69 Å². The quantitative estimate of drug-likeness (QED) is 0.504. The van der Waals surface area contributed by atoms with Crippen LogP contribution in [0.1, 0.15) is 49.4 Å². The van der Waals surface area contributed by atoms with Gasteiger partial charge in [-0.15, -0.1) is 0 Å². The second-order valence-electron chi connectivity index (χ2n) is 7.31. The second kappa shape index (κ2) is 10.8. The molecule has 0 atom stereocenters. The molecule has 0 bridgehead atoms. The van der Waals surface area contributed by atoms with E-state index in [1.807, 2.05) is 6.92 Å². The molecule has 1 aliphatic carbocycles. The Hall–Kier alpha value is -2.35. The first-order valence-electron chi connectivity index (χ1n) is 10.4. The lowest BCUT2D eigenvalue weighted by atomic mass is 9.97. The molecule has 0 spiro atoms. The highest BCUT2D eigenvalue weighted by atomic mass is 35.5. The zero-order valence-corrected chi connectivity index (χ0v) is 19.1. The number of carbonyl (C=O) groups is 1. The van der Waals surface area contributed by atoms with Crippen LogP contribution in [0.5, 0.6) is 5.75 Å². The third kappa shape index (κ3) is 6.56. The number of allylic oxidation sites excluding steroid dienone is 1. The Morgan fingerprint density at radius 2 is 1.90 bits per heavy atom. The Kier molecular flexibility index (Phi) is 8.12. The van der Waals surface area contributed by atoms with Gasteiger partial charge in [0.15, 0.2) is 0 Å². The topological polar surface area (TPSA) is 84.5 Å². The standard InChI is InChI=1S/C23H27ClN2O4S/c1-2-30-22-13-12-20(31(28,29)25-15-14-17-6-4-3-5-7-17)16-21(22)26-23(27)18-8-10-19(24)11-9-18/h6,8-13,16,25H,2-5,7,14-15H2,1H3,(H,26,27). The van der Waals surface area contributed by atoms with E-state index in [9.17, 15) is 13.2 Å². The van der Waals surface area contributed by atoms with Crippen molar-refractivity contribution in [1.29, 1.82) is 0 Å². The minimum absolute atomic E-state index is 0.0694. The van der Waals surface area contributed by atoms with Gasteiger partial charge < -0.3 is 10.1 Å². The molecule has 2 aromatic rings. The minimum atomic E-state index is -3.72. The molecule has 3 rings (SSSR count). The van der Waals surface area contributed by atoms with E-state index in [4.69, 9.17) is 16.3 Å². The molecule has 6 nitrogen and oxygen atoms in total. The average molecular weight is 463 g/mol. The lowest BCUT2D eigenvalue weighted by Crippen LogP contribution is -2.25. The molecule has 0 heterocycles. The van der Waals surface area contributed by atoms with Crippen LogP contribution in [0, 0.1) is 0 Å². The van der Waals surface area contributed by atoms with Crippen LogP contribution in [-0.2, 0) is 10.0 Å². The number of halogens is 1. The summed E-state index contributed by atoms with van der Waals surface area (Å²) in [5.74, 6) is 0.0143. The Bertz CT molecular complexity index is 1050. The molecule has 0 saturated carbocycles. The maximum Gasteiger partial charge on any atom is 0.255 e. The molecule has 1 aliphatic rings. The maximum atomic E-state index is 12.8. The van der Waals surface area contributed by atoms with Crippen molar-refractivity contribution in [2.75, 3.05) is 18.5 Å². The van der Waals surface area contributed by atoms with Crippen molar-refractivity contribution in [2.45, 2.75) is 43.9 Å². The second-order valence-corrected chi connectivity index (χ2v) is 9.51. The largest absolute Gasteiger partial charge is 0.492 e. The highest BCUT2D eigenvalue weighted by Crippen LogP contribution is 2.29. The molecule has 0 fully saturated rings. The lowest BCUT2D eigenvalue weighted by molar-refractivity contribution is 0.102. The summed E-state index contributed by atoms with van der Waals surface area (Å²) in [6.07, 6.45) is 7.37. The fourth-order valence-electron chi connectivity index (χ4n) is 3.41. The highest BCUT2D eigenvalue weighted by Gasteiger charge is 2.18. The van der Waals surface area contributed by atoms with Gasteiger partial charge in [0.1, 0.15) is 5.75 Å². The van der Waals surface area contributed by atoms with Gasteiger partial charge in [0, 0.05) is 17.1 Å². The van der Waals surface area contributed by atoms with Crippen molar-refractivity contribution in [3.05, 3.63) is 64.7 Å². The van der Waals surface area contributed by atoms with Crippen LogP contribution in [0.2, 0.25) is 5.02 Å². The van der Waals surface area contributed by atoms with Crippen molar-refractivity contribution in [3.8, 4) is 5.75 Å². The smallest absolute Gasteiger partial charge is 0.255 e. The molecule has 8 heteroatoms. The number of ether oxygens (including phenoxy) is 1. The fourth-order valence-corrected chi connectivity index (χ4v) is 4.60.